The molecule has 4 heteroatoms. The maximum absolute atomic E-state index is 5.27. The van der Waals surface area contributed by atoms with E-state index in [1.54, 1.807) is 12.1 Å². The van der Waals surface area contributed by atoms with Crippen LogP contribution >= 0.6 is 0 Å². The lowest BCUT2D eigenvalue weighted by molar-refractivity contribution is 0.408. The molecule has 0 aliphatic carbocycles. The summed E-state index contributed by atoms with van der Waals surface area (Å²) in [4.78, 5) is 0. The van der Waals surface area contributed by atoms with Crippen molar-refractivity contribution in [1.82, 2.24) is 5.01 Å². The summed E-state index contributed by atoms with van der Waals surface area (Å²) in [6.07, 6.45) is 0.961. The summed E-state index contributed by atoms with van der Waals surface area (Å²) >= 11 is 0. The summed E-state index contributed by atoms with van der Waals surface area (Å²) in [6, 6.07) is 0. The van der Waals surface area contributed by atoms with Gasteiger partial charge in [-0.2, -0.15) is 10.2 Å². The second kappa shape index (κ2) is 4.09. The van der Waals surface area contributed by atoms with Gasteiger partial charge >= 0.3 is 0 Å². The van der Waals surface area contributed by atoms with Crippen LogP contribution in [0.2, 0.25) is 0 Å². The fraction of sp³-hybridized carbons (Fsp3) is 0.750. The highest BCUT2D eigenvalue weighted by molar-refractivity contribution is 5.87. The summed E-state index contributed by atoms with van der Waals surface area (Å²) in [5.74, 6) is 6.02. The molecule has 0 aromatic heterocycles. The first kappa shape index (κ1) is 10.9. The van der Waals surface area contributed by atoms with Gasteiger partial charge in [-0.15, -0.1) is 0 Å². The van der Waals surface area contributed by atoms with Gasteiger partial charge in [0.1, 0.15) is 5.84 Å². The molecule has 0 atom stereocenters. The Morgan fingerprint density at radius 2 is 2.08 bits per heavy atom. The first-order chi connectivity index (χ1) is 5.49. The van der Waals surface area contributed by atoms with Crippen molar-refractivity contribution in [2.24, 2.45) is 21.5 Å². The zero-order valence-corrected chi connectivity index (χ0v) is 8.33. The number of nitrogens with two attached hydrogens (primary N) is 1. The molecule has 70 valence electrons. The average molecular weight is 170 g/mol. The minimum absolute atomic E-state index is 0.0509. The monoisotopic (exact) mass is 170 g/mol. The Labute approximate surface area is 74.1 Å². The molecule has 0 amide bonds. The SMILES string of the molecule is C=NN(C)/C(=N\N)C(C)(C)CC. The lowest BCUT2D eigenvalue weighted by atomic mass is 9.88. The molecule has 0 radical (unpaired) electrons. The van der Waals surface area contributed by atoms with Gasteiger partial charge in [0.05, 0.1) is 0 Å². The van der Waals surface area contributed by atoms with E-state index in [0.717, 1.165) is 12.3 Å². The van der Waals surface area contributed by atoms with Crippen molar-refractivity contribution < 1.29 is 0 Å². The summed E-state index contributed by atoms with van der Waals surface area (Å²) in [5.41, 5.74) is -0.0509. The van der Waals surface area contributed by atoms with Gasteiger partial charge in [0, 0.05) is 19.2 Å². The van der Waals surface area contributed by atoms with E-state index >= 15 is 0 Å². The van der Waals surface area contributed by atoms with Gasteiger partial charge in [0.2, 0.25) is 0 Å². The van der Waals surface area contributed by atoms with Crippen molar-refractivity contribution in [2.45, 2.75) is 27.2 Å². The van der Waals surface area contributed by atoms with Crippen molar-refractivity contribution in [2.75, 3.05) is 7.05 Å². The van der Waals surface area contributed by atoms with E-state index in [-0.39, 0.29) is 5.41 Å². The molecule has 0 unspecified atom stereocenters. The molecular weight excluding hydrogens is 152 g/mol. The molecule has 0 aliphatic heterocycles. The number of nitrogens with zero attached hydrogens (tertiary/aromatic N) is 3. The molecule has 0 aliphatic rings. The lowest BCUT2D eigenvalue weighted by Crippen LogP contribution is -2.36. The van der Waals surface area contributed by atoms with Crippen LogP contribution in [0.15, 0.2) is 10.2 Å². The van der Waals surface area contributed by atoms with E-state index in [1.165, 1.54) is 0 Å². The van der Waals surface area contributed by atoms with Crippen LogP contribution in [-0.4, -0.2) is 24.6 Å². The smallest absolute Gasteiger partial charge is 0.150 e. The fourth-order valence-electron chi connectivity index (χ4n) is 0.921. The first-order valence-electron chi connectivity index (χ1n) is 3.98. The molecular formula is C8H18N4. The number of hydrogen-bond acceptors (Lipinski definition) is 3. The van der Waals surface area contributed by atoms with Crippen molar-refractivity contribution >= 4 is 12.6 Å². The van der Waals surface area contributed by atoms with Crippen LogP contribution in [0.4, 0.5) is 0 Å². The Kier molecular flexibility index (Phi) is 3.73. The van der Waals surface area contributed by atoms with Crippen molar-refractivity contribution in [1.29, 1.82) is 0 Å². The van der Waals surface area contributed by atoms with Crippen LogP contribution in [0.1, 0.15) is 27.2 Å². The third kappa shape index (κ3) is 2.22. The molecule has 0 heterocycles. The highest BCUT2D eigenvalue weighted by atomic mass is 15.5. The lowest BCUT2D eigenvalue weighted by Gasteiger charge is -2.28. The zero-order valence-electron chi connectivity index (χ0n) is 8.33. The molecule has 0 rings (SSSR count). The van der Waals surface area contributed by atoms with E-state index in [0.29, 0.717) is 0 Å². The van der Waals surface area contributed by atoms with E-state index in [4.69, 9.17) is 5.84 Å². The van der Waals surface area contributed by atoms with E-state index in [9.17, 15) is 0 Å². The Bertz CT molecular complexity index is 183. The molecule has 0 saturated carbocycles. The number of rotatable bonds is 3. The summed E-state index contributed by atoms with van der Waals surface area (Å²) in [7, 11) is 1.79. The summed E-state index contributed by atoms with van der Waals surface area (Å²) in [5, 5.41) is 9.06. The molecule has 0 aromatic carbocycles. The van der Waals surface area contributed by atoms with Crippen molar-refractivity contribution in [3.63, 3.8) is 0 Å². The molecule has 12 heavy (non-hydrogen) atoms. The predicted octanol–water partition coefficient (Wildman–Crippen LogP) is 1.24. The Balaban J connectivity index is 4.68. The van der Waals surface area contributed by atoms with Crippen LogP contribution in [0.5, 0.6) is 0 Å². The minimum Gasteiger partial charge on any atom is -0.322 e. The largest absolute Gasteiger partial charge is 0.322 e. The second-order valence-corrected chi connectivity index (χ2v) is 3.36. The van der Waals surface area contributed by atoms with Crippen LogP contribution in [-0.2, 0) is 0 Å². The van der Waals surface area contributed by atoms with Gasteiger partial charge in [-0.25, -0.2) is 0 Å². The zero-order chi connectivity index (χ0) is 9.78. The number of amidine groups is 1. The van der Waals surface area contributed by atoms with E-state index in [1.807, 2.05) is 0 Å². The molecule has 0 fully saturated rings. The summed E-state index contributed by atoms with van der Waals surface area (Å²) < 4.78 is 0. The van der Waals surface area contributed by atoms with Gasteiger partial charge in [-0.1, -0.05) is 20.8 Å². The van der Waals surface area contributed by atoms with Crippen molar-refractivity contribution in [3.8, 4) is 0 Å². The van der Waals surface area contributed by atoms with Gasteiger partial charge in [-0.3, -0.25) is 5.01 Å². The third-order valence-corrected chi connectivity index (χ3v) is 2.13. The quantitative estimate of drug-likeness (QED) is 0.300. The van der Waals surface area contributed by atoms with E-state index in [2.05, 4.69) is 37.7 Å². The standard InChI is InChI=1S/C8H18N4/c1-6-8(2,3)7(11-9)12(5)10-4/h4,6,9H2,1-3,5H3/b11-7-. The maximum atomic E-state index is 5.27. The van der Waals surface area contributed by atoms with Crippen LogP contribution in [0.3, 0.4) is 0 Å². The molecule has 0 bridgehead atoms. The maximum Gasteiger partial charge on any atom is 0.150 e. The van der Waals surface area contributed by atoms with Crippen molar-refractivity contribution in [3.05, 3.63) is 0 Å². The molecule has 0 aromatic rings. The van der Waals surface area contributed by atoms with Crippen LogP contribution < -0.4 is 5.84 Å². The first-order valence-corrected chi connectivity index (χ1v) is 3.98. The van der Waals surface area contributed by atoms with Crippen LogP contribution in [0.25, 0.3) is 0 Å². The number of hydrogen-bond donors (Lipinski definition) is 1. The van der Waals surface area contributed by atoms with Gasteiger partial charge in [0.25, 0.3) is 0 Å². The second-order valence-electron chi connectivity index (χ2n) is 3.36. The highest BCUT2D eigenvalue weighted by Crippen LogP contribution is 2.23. The van der Waals surface area contributed by atoms with Crippen LogP contribution in [0, 0.1) is 5.41 Å². The Hall–Kier alpha value is -1.06. The van der Waals surface area contributed by atoms with Gasteiger partial charge in [0.15, 0.2) is 0 Å². The number of hydrazone groups is 2. The molecule has 0 saturated heterocycles. The topological polar surface area (TPSA) is 54.0 Å². The molecule has 2 N–H and O–H groups in total. The van der Waals surface area contributed by atoms with E-state index < -0.39 is 0 Å². The third-order valence-electron chi connectivity index (χ3n) is 2.13. The molecule has 0 spiro atoms. The Morgan fingerprint density at radius 1 is 1.58 bits per heavy atom. The fourth-order valence-corrected chi connectivity index (χ4v) is 0.921. The average Bonchev–Trinajstić information content (AvgIpc) is 2.05. The normalized spacial score (nSPS) is 12.8. The van der Waals surface area contributed by atoms with Gasteiger partial charge < -0.3 is 5.84 Å². The molecule has 4 nitrogen and oxygen atoms in total. The minimum atomic E-state index is -0.0509. The van der Waals surface area contributed by atoms with Gasteiger partial charge in [-0.05, 0) is 6.42 Å². The predicted molar refractivity (Wildman–Crippen MR) is 53.0 cm³/mol. The Morgan fingerprint density at radius 3 is 2.33 bits per heavy atom. The highest BCUT2D eigenvalue weighted by Gasteiger charge is 2.25. The summed E-state index contributed by atoms with van der Waals surface area (Å²) in [6.45, 7) is 9.64.